The highest BCUT2D eigenvalue weighted by Crippen LogP contribution is 2.31. The Labute approximate surface area is 120 Å². The van der Waals surface area contributed by atoms with Crippen LogP contribution in [0.15, 0.2) is 5.38 Å². The summed E-state index contributed by atoms with van der Waals surface area (Å²) in [7, 11) is 0. The van der Waals surface area contributed by atoms with Gasteiger partial charge in [0.2, 0.25) is 0 Å². The molecule has 1 aromatic rings. The van der Waals surface area contributed by atoms with Crippen LogP contribution in [0.4, 0.5) is 5.13 Å². The van der Waals surface area contributed by atoms with E-state index in [1.54, 1.807) is 11.3 Å². The lowest BCUT2D eigenvalue weighted by molar-refractivity contribution is 0.170. The number of hydrogen-bond donors (Lipinski definition) is 3. The van der Waals surface area contributed by atoms with Crippen LogP contribution in [-0.2, 0) is 6.42 Å². The number of aromatic nitrogens is 1. The van der Waals surface area contributed by atoms with Crippen LogP contribution in [0.2, 0.25) is 0 Å². The lowest BCUT2D eigenvalue weighted by atomic mass is 9.80. The first-order valence-electron chi connectivity index (χ1n) is 7.00. The Morgan fingerprint density at radius 2 is 2.00 bits per heavy atom. The average molecular weight is 282 g/mol. The molecule has 0 spiro atoms. The molecule has 4 nitrogen and oxygen atoms in total. The minimum absolute atomic E-state index is 0.163. The van der Waals surface area contributed by atoms with Crippen molar-refractivity contribution >= 4 is 16.5 Å². The molecule has 108 valence electrons. The minimum Gasteiger partial charge on any atom is -0.359 e. The summed E-state index contributed by atoms with van der Waals surface area (Å²) in [5.74, 6) is 0. The Bertz CT molecular complexity index is 409. The van der Waals surface area contributed by atoms with Gasteiger partial charge < -0.3 is 16.4 Å². The van der Waals surface area contributed by atoms with E-state index in [1.165, 1.54) is 0 Å². The number of hydrogen-bond acceptors (Lipinski definition) is 5. The maximum atomic E-state index is 5.56. The van der Waals surface area contributed by atoms with Gasteiger partial charge in [-0.25, -0.2) is 4.98 Å². The summed E-state index contributed by atoms with van der Waals surface area (Å²) in [5.41, 5.74) is 6.99. The second-order valence-corrected chi connectivity index (χ2v) is 7.68. The monoisotopic (exact) mass is 282 g/mol. The van der Waals surface area contributed by atoms with Gasteiger partial charge in [0.15, 0.2) is 5.13 Å². The summed E-state index contributed by atoms with van der Waals surface area (Å²) in [6, 6.07) is 0.475. The number of nitrogens with two attached hydrogens (primary N) is 1. The zero-order chi connectivity index (χ0) is 14.1. The maximum Gasteiger partial charge on any atom is 0.183 e. The first kappa shape index (κ1) is 14.8. The van der Waals surface area contributed by atoms with Gasteiger partial charge in [-0.1, -0.05) is 0 Å². The van der Waals surface area contributed by atoms with E-state index in [4.69, 9.17) is 5.73 Å². The van der Waals surface area contributed by atoms with Gasteiger partial charge in [-0.05, 0) is 47.1 Å². The normalized spacial score (nSPS) is 22.4. The molecule has 0 amide bonds. The van der Waals surface area contributed by atoms with Gasteiger partial charge in [0.25, 0.3) is 0 Å². The van der Waals surface area contributed by atoms with Crippen LogP contribution in [-0.4, -0.2) is 28.6 Å². The number of anilines is 1. The van der Waals surface area contributed by atoms with E-state index < -0.39 is 0 Å². The molecular weight excluding hydrogens is 256 g/mol. The second kappa shape index (κ2) is 5.38. The van der Waals surface area contributed by atoms with Gasteiger partial charge >= 0.3 is 0 Å². The van der Waals surface area contributed by atoms with Crippen LogP contribution in [0.3, 0.4) is 0 Å². The van der Waals surface area contributed by atoms with Crippen molar-refractivity contribution in [2.75, 3.05) is 11.9 Å². The fourth-order valence-electron chi connectivity index (χ4n) is 3.23. The molecule has 0 radical (unpaired) electrons. The van der Waals surface area contributed by atoms with E-state index in [-0.39, 0.29) is 11.1 Å². The predicted octanol–water partition coefficient (Wildman–Crippen LogP) is 2.37. The number of thiazole rings is 1. The molecule has 2 rings (SSSR count). The number of nitrogens with zero attached hydrogens (tertiary/aromatic N) is 1. The summed E-state index contributed by atoms with van der Waals surface area (Å²) >= 11 is 1.69. The topological polar surface area (TPSA) is 63.0 Å². The van der Waals surface area contributed by atoms with Crippen molar-refractivity contribution in [3.05, 3.63) is 11.1 Å². The van der Waals surface area contributed by atoms with Gasteiger partial charge in [-0.2, -0.15) is 0 Å². The third kappa shape index (κ3) is 4.16. The molecular formula is C14H26N4S. The second-order valence-electron chi connectivity index (χ2n) is 6.82. The van der Waals surface area contributed by atoms with E-state index in [0.29, 0.717) is 12.6 Å². The maximum absolute atomic E-state index is 5.56. The molecule has 19 heavy (non-hydrogen) atoms. The molecule has 0 aromatic carbocycles. The molecule has 0 unspecified atom stereocenters. The lowest BCUT2D eigenvalue weighted by Gasteiger charge is -2.46. The van der Waals surface area contributed by atoms with Crippen molar-refractivity contribution in [2.45, 2.75) is 64.1 Å². The molecule has 1 aromatic heterocycles. The van der Waals surface area contributed by atoms with Crippen LogP contribution in [0.1, 0.15) is 46.2 Å². The van der Waals surface area contributed by atoms with Crippen LogP contribution < -0.4 is 16.4 Å². The Kier molecular flexibility index (Phi) is 4.18. The standard InChI is InChI=1S/C14H26N4S/c1-13(2)7-11(8-14(3,4)18-13)17-12-16-10(5-6-15)9-19-12/h9,11,18H,5-8,15H2,1-4H3,(H,16,17). The zero-order valence-electron chi connectivity index (χ0n) is 12.4. The Hall–Kier alpha value is -0.650. The fraction of sp³-hybridized carbons (Fsp3) is 0.786. The molecule has 0 atom stereocenters. The molecule has 1 fully saturated rings. The first-order valence-corrected chi connectivity index (χ1v) is 7.88. The Balaban J connectivity index is 2.01. The fourth-order valence-corrected chi connectivity index (χ4v) is 4.06. The van der Waals surface area contributed by atoms with E-state index in [1.807, 2.05) is 0 Å². The molecule has 0 saturated carbocycles. The van der Waals surface area contributed by atoms with E-state index in [2.05, 4.69) is 48.7 Å². The molecule has 1 aliphatic rings. The van der Waals surface area contributed by atoms with Crippen molar-refractivity contribution in [3.63, 3.8) is 0 Å². The Morgan fingerprint density at radius 1 is 1.37 bits per heavy atom. The largest absolute Gasteiger partial charge is 0.359 e. The highest BCUT2D eigenvalue weighted by Gasteiger charge is 2.37. The van der Waals surface area contributed by atoms with E-state index >= 15 is 0 Å². The van der Waals surface area contributed by atoms with Crippen molar-refractivity contribution in [1.82, 2.24) is 10.3 Å². The summed E-state index contributed by atoms with van der Waals surface area (Å²) < 4.78 is 0. The van der Waals surface area contributed by atoms with Crippen LogP contribution in [0.25, 0.3) is 0 Å². The average Bonchev–Trinajstić information content (AvgIpc) is 2.60. The molecule has 4 N–H and O–H groups in total. The SMILES string of the molecule is CC1(C)CC(Nc2nc(CCN)cs2)CC(C)(C)N1. The lowest BCUT2D eigenvalue weighted by Crippen LogP contribution is -2.60. The van der Waals surface area contributed by atoms with Gasteiger partial charge in [0.05, 0.1) is 5.69 Å². The minimum atomic E-state index is 0.163. The third-order valence-electron chi connectivity index (χ3n) is 3.47. The predicted molar refractivity (Wildman–Crippen MR) is 82.8 cm³/mol. The third-order valence-corrected chi connectivity index (χ3v) is 4.29. The molecule has 1 saturated heterocycles. The van der Waals surface area contributed by atoms with Gasteiger partial charge in [0, 0.05) is 28.9 Å². The Morgan fingerprint density at radius 3 is 2.58 bits per heavy atom. The number of piperidine rings is 1. The van der Waals surface area contributed by atoms with Crippen molar-refractivity contribution in [3.8, 4) is 0 Å². The smallest absolute Gasteiger partial charge is 0.183 e. The van der Waals surface area contributed by atoms with Gasteiger partial charge in [-0.3, -0.25) is 0 Å². The van der Waals surface area contributed by atoms with Crippen molar-refractivity contribution in [2.24, 2.45) is 5.73 Å². The first-order chi connectivity index (χ1) is 8.80. The van der Waals surface area contributed by atoms with Crippen LogP contribution >= 0.6 is 11.3 Å². The molecule has 5 heteroatoms. The summed E-state index contributed by atoms with van der Waals surface area (Å²) in [6.07, 6.45) is 3.09. The van der Waals surface area contributed by atoms with Crippen molar-refractivity contribution < 1.29 is 0 Å². The molecule has 1 aliphatic heterocycles. The van der Waals surface area contributed by atoms with Gasteiger partial charge in [-0.15, -0.1) is 11.3 Å². The molecule has 0 bridgehead atoms. The summed E-state index contributed by atoms with van der Waals surface area (Å²) in [5, 5.41) is 10.4. The molecule has 2 heterocycles. The van der Waals surface area contributed by atoms with E-state index in [0.717, 1.165) is 30.1 Å². The highest BCUT2D eigenvalue weighted by molar-refractivity contribution is 7.13. The van der Waals surface area contributed by atoms with Crippen LogP contribution in [0, 0.1) is 0 Å². The van der Waals surface area contributed by atoms with E-state index in [9.17, 15) is 0 Å². The quantitative estimate of drug-likeness (QED) is 0.793. The highest BCUT2D eigenvalue weighted by atomic mass is 32.1. The number of rotatable bonds is 4. The van der Waals surface area contributed by atoms with Crippen LogP contribution in [0.5, 0.6) is 0 Å². The summed E-state index contributed by atoms with van der Waals surface area (Å²) in [6.45, 7) is 9.74. The van der Waals surface area contributed by atoms with Crippen molar-refractivity contribution in [1.29, 1.82) is 0 Å². The molecule has 0 aliphatic carbocycles. The number of nitrogens with one attached hydrogen (secondary N) is 2. The summed E-state index contributed by atoms with van der Waals surface area (Å²) in [4.78, 5) is 4.60. The zero-order valence-corrected chi connectivity index (χ0v) is 13.2. The van der Waals surface area contributed by atoms with Gasteiger partial charge in [0.1, 0.15) is 0 Å².